The van der Waals surface area contributed by atoms with Gasteiger partial charge < -0.3 is 10.6 Å². The zero-order valence-corrected chi connectivity index (χ0v) is 7.96. The van der Waals surface area contributed by atoms with Crippen LogP contribution in [-0.4, -0.2) is 24.1 Å². The van der Waals surface area contributed by atoms with Crippen molar-refractivity contribution in [1.82, 2.24) is 9.97 Å². The third-order valence-electron chi connectivity index (χ3n) is 1.17. The lowest BCUT2D eigenvalue weighted by molar-refractivity contribution is 1.03. The van der Waals surface area contributed by atoms with Gasteiger partial charge in [0.1, 0.15) is 5.82 Å². The molecule has 0 unspecified atom stereocenters. The van der Waals surface area contributed by atoms with E-state index in [9.17, 15) is 0 Å². The summed E-state index contributed by atoms with van der Waals surface area (Å²) in [6, 6.07) is 0. The molecule has 0 spiro atoms. The first-order chi connectivity index (χ1) is 5.11. The molecule has 0 aliphatic carbocycles. The summed E-state index contributed by atoms with van der Waals surface area (Å²) in [7, 11) is 3.79. The minimum atomic E-state index is 0.289. The molecule has 0 atom stereocenters. The van der Waals surface area contributed by atoms with E-state index in [1.807, 2.05) is 19.0 Å². The van der Waals surface area contributed by atoms with E-state index < -0.39 is 0 Å². The lowest BCUT2D eigenvalue weighted by Crippen LogP contribution is -2.12. The summed E-state index contributed by atoms with van der Waals surface area (Å²) in [6.07, 6.45) is 1.64. The van der Waals surface area contributed by atoms with Crippen molar-refractivity contribution in [2.75, 3.05) is 24.7 Å². The molecule has 4 nitrogen and oxygen atoms in total. The van der Waals surface area contributed by atoms with E-state index in [-0.39, 0.29) is 5.95 Å². The predicted molar refractivity (Wildman–Crippen MR) is 48.5 cm³/mol. The van der Waals surface area contributed by atoms with Gasteiger partial charge in [-0.1, -0.05) is 0 Å². The molecule has 1 aromatic heterocycles. The second kappa shape index (κ2) is 3.04. The normalized spacial score (nSPS) is 9.73. The van der Waals surface area contributed by atoms with Crippen LogP contribution in [0.25, 0.3) is 0 Å². The molecule has 0 saturated heterocycles. The third-order valence-corrected chi connectivity index (χ3v) is 1.73. The molecule has 0 aliphatic heterocycles. The average molecular weight is 217 g/mol. The van der Waals surface area contributed by atoms with Crippen LogP contribution in [0.4, 0.5) is 11.8 Å². The molecule has 60 valence electrons. The number of nitrogens with zero attached hydrogens (tertiary/aromatic N) is 3. The third kappa shape index (κ3) is 1.80. The lowest BCUT2D eigenvalue weighted by Gasteiger charge is -2.12. The maximum Gasteiger partial charge on any atom is 0.222 e. The summed E-state index contributed by atoms with van der Waals surface area (Å²) in [5, 5.41) is 0. The van der Waals surface area contributed by atoms with Crippen molar-refractivity contribution in [3.8, 4) is 0 Å². The summed E-state index contributed by atoms with van der Waals surface area (Å²) in [6.45, 7) is 0. The quantitative estimate of drug-likeness (QED) is 0.758. The topological polar surface area (TPSA) is 55.0 Å². The molecule has 1 aromatic rings. The maximum atomic E-state index is 5.40. The minimum absolute atomic E-state index is 0.289. The molecule has 0 bridgehead atoms. The molecular formula is C6H9BrN4. The number of hydrogen-bond acceptors (Lipinski definition) is 4. The molecule has 0 radical (unpaired) electrons. The zero-order chi connectivity index (χ0) is 8.43. The van der Waals surface area contributed by atoms with Crippen LogP contribution < -0.4 is 10.6 Å². The van der Waals surface area contributed by atoms with Gasteiger partial charge >= 0.3 is 0 Å². The van der Waals surface area contributed by atoms with E-state index in [0.717, 1.165) is 10.3 Å². The maximum absolute atomic E-state index is 5.40. The molecule has 0 saturated carbocycles. The van der Waals surface area contributed by atoms with Crippen molar-refractivity contribution in [2.45, 2.75) is 0 Å². The van der Waals surface area contributed by atoms with E-state index >= 15 is 0 Å². The van der Waals surface area contributed by atoms with Gasteiger partial charge in [-0.2, -0.15) is 4.98 Å². The highest BCUT2D eigenvalue weighted by Gasteiger charge is 2.03. The highest BCUT2D eigenvalue weighted by molar-refractivity contribution is 9.10. The highest BCUT2D eigenvalue weighted by atomic mass is 79.9. The van der Waals surface area contributed by atoms with E-state index in [1.165, 1.54) is 0 Å². The van der Waals surface area contributed by atoms with Crippen molar-refractivity contribution < 1.29 is 0 Å². The molecule has 0 aromatic carbocycles. The molecule has 0 aliphatic rings. The Labute approximate surface area is 73.6 Å². The van der Waals surface area contributed by atoms with Gasteiger partial charge in [0.15, 0.2) is 0 Å². The zero-order valence-electron chi connectivity index (χ0n) is 6.37. The molecule has 5 heteroatoms. The van der Waals surface area contributed by atoms with Gasteiger partial charge in [0.2, 0.25) is 5.95 Å². The van der Waals surface area contributed by atoms with Crippen molar-refractivity contribution in [3.05, 3.63) is 10.7 Å². The summed E-state index contributed by atoms with van der Waals surface area (Å²) in [5.41, 5.74) is 5.40. The van der Waals surface area contributed by atoms with Gasteiger partial charge in [-0.15, -0.1) is 0 Å². The average Bonchev–Trinajstić information content (AvgIpc) is 1.94. The second-order valence-electron chi connectivity index (χ2n) is 2.29. The molecular weight excluding hydrogens is 208 g/mol. The Morgan fingerprint density at radius 2 is 2.18 bits per heavy atom. The number of anilines is 2. The number of halogens is 1. The van der Waals surface area contributed by atoms with Gasteiger partial charge in [-0.3, -0.25) is 0 Å². The fourth-order valence-electron chi connectivity index (χ4n) is 0.685. The Hall–Kier alpha value is -0.840. The Morgan fingerprint density at radius 1 is 1.55 bits per heavy atom. The molecule has 1 heterocycles. The molecule has 2 N–H and O–H groups in total. The largest absolute Gasteiger partial charge is 0.368 e. The predicted octanol–water partition coefficient (Wildman–Crippen LogP) is 0.887. The van der Waals surface area contributed by atoms with Crippen molar-refractivity contribution in [2.24, 2.45) is 0 Å². The van der Waals surface area contributed by atoms with Gasteiger partial charge in [0.25, 0.3) is 0 Å². The standard InChI is InChI=1S/C6H9BrN4/c1-11(2)5-4(7)3-9-6(8)10-5/h3H,1-2H3,(H2,8,9,10). The Morgan fingerprint density at radius 3 is 2.64 bits per heavy atom. The van der Waals surface area contributed by atoms with Crippen LogP contribution in [0.2, 0.25) is 0 Å². The first-order valence-corrected chi connectivity index (χ1v) is 3.86. The molecule has 11 heavy (non-hydrogen) atoms. The van der Waals surface area contributed by atoms with Crippen LogP contribution in [0.15, 0.2) is 10.7 Å². The van der Waals surface area contributed by atoms with Crippen molar-refractivity contribution in [1.29, 1.82) is 0 Å². The Kier molecular flexibility index (Phi) is 2.28. The fraction of sp³-hybridized carbons (Fsp3) is 0.333. The summed E-state index contributed by atoms with van der Waals surface area (Å²) < 4.78 is 0.844. The Balaban J connectivity index is 3.13. The van der Waals surface area contributed by atoms with Gasteiger partial charge in [-0.05, 0) is 15.9 Å². The lowest BCUT2D eigenvalue weighted by atomic mass is 10.5. The monoisotopic (exact) mass is 216 g/mol. The van der Waals surface area contributed by atoms with Gasteiger partial charge in [0, 0.05) is 20.3 Å². The van der Waals surface area contributed by atoms with E-state index in [1.54, 1.807) is 6.20 Å². The fourth-order valence-corrected chi connectivity index (χ4v) is 1.23. The van der Waals surface area contributed by atoms with Crippen LogP contribution in [0.1, 0.15) is 0 Å². The smallest absolute Gasteiger partial charge is 0.222 e. The number of rotatable bonds is 1. The highest BCUT2D eigenvalue weighted by Crippen LogP contribution is 2.20. The molecule has 1 rings (SSSR count). The second-order valence-corrected chi connectivity index (χ2v) is 3.15. The van der Waals surface area contributed by atoms with Crippen LogP contribution in [0, 0.1) is 0 Å². The van der Waals surface area contributed by atoms with Crippen LogP contribution >= 0.6 is 15.9 Å². The summed E-state index contributed by atoms with van der Waals surface area (Å²) in [4.78, 5) is 9.70. The number of hydrogen-bond donors (Lipinski definition) is 1. The minimum Gasteiger partial charge on any atom is -0.368 e. The number of aromatic nitrogens is 2. The van der Waals surface area contributed by atoms with E-state index in [4.69, 9.17) is 5.73 Å². The van der Waals surface area contributed by atoms with E-state index in [0.29, 0.717) is 0 Å². The van der Waals surface area contributed by atoms with Gasteiger partial charge in [-0.25, -0.2) is 4.98 Å². The first kappa shape index (κ1) is 8.26. The Bertz CT molecular complexity index is 261. The van der Waals surface area contributed by atoms with Crippen LogP contribution in [0.5, 0.6) is 0 Å². The van der Waals surface area contributed by atoms with Crippen LogP contribution in [-0.2, 0) is 0 Å². The first-order valence-electron chi connectivity index (χ1n) is 3.06. The summed E-state index contributed by atoms with van der Waals surface area (Å²) >= 11 is 3.31. The van der Waals surface area contributed by atoms with E-state index in [2.05, 4.69) is 25.9 Å². The van der Waals surface area contributed by atoms with Gasteiger partial charge in [0.05, 0.1) is 4.47 Å². The summed E-state index contributed by atoms with van der Waals surface area (Å²) in [5.74, 6) is 1.08. The number of nitrogens with two attached hydrogens (primary N) is 1. The van der Waals surface area contributed by atoms with Crippen molar-refractivity contribution >= 4 is 27.7 Å². The van der Waals surface area contributed by atoms with Crippen molar-refractivity contribution in [3.63, 3.8) is 0 Å². The molecule has 0 amide bonds. The molecule has 0 fully saturated rings. The SMILES string of the molecule is CN(C)c1nc(N)ncc1Br. The van der Waals surface area contributed by atoms with Crippen LogP contribution in [0.3, 0.4) is 0 Å². The number of nitrogen functional groups attached to an aromatic ring is 1.